The molecule has 0 spiro atoms. The lowest BCUT2D eigenvalue weighted by Gasteiger charge is -2.31. The van der Waals surface area contributed by atoms with E-state index in [9.17, 15) is 10.1 Å². The predicted molar refractivity (Wildman–Crippen MR) is 95.1 cm³/mol. The lowest BCUT2D eigenvalue weighted by Crippen LogP contribution is -2.32. The molecular weight excluding hydrogens is 344 g/mol. The molecule has 1 aromatic carbocycles. The second-order valence-electron chi connectivity index (χ2n) is 6.02. The second-order valence-corrected chi connectivity index (χ2v) is 6.42. The summed E-state index contributed by atoms with van der Waals surface area (Å²) in [6.07, 6.45) is 0.838. The van der Waals surface area contributed by atoms with E-state index in [0.29, 0.717) is 29.6 Å². The first-order valence-electron chi connectivity index (χ1n) is 8.06. The van der Waals surface area contributed by atoms with Gasteiger partial charge in [-0.25, -0.2) is 9.97 Å². The third-order valence-electron chi connectivity index (χ3n) is 4.14. The molecule has 132 valence electrons. The highest BCUT2D eigenvalue weighted by Gasteiger charge is 2.28. The summed E-state index contributed by atoms with van der Waals surface area (Å²) in [7, 11) is 0. The number of non-ortho nitro benzene ring substituents is 1. The van der Waals surface area contributed by atoms with Gasteiger partial charge in [-0.2, -0.15) is 0 Å². The van der Waals surface area contributed by atoms with Crippen LogP contribution in [0.3, 0.4) is 0 Å². The fourth-order valence-electron chi connectivity index (χ4n) is 3.05. The number of ether oxygens (including phenoxy) is 1. The molecule has 8 heteroatoms. The van der Waals surface area contributed by atoms with Crippen LogP contribution in [0.2, 0.25) is 5.02 Å². The number of halogens is 1. The van der Waals surface area contributed by atoms with Gasteiger partial charge in [-0.3, -0.25) is 10.1 Å². The molecule has 1 aliphatic rings. The molecule has 0 radical (unpaired) electrons. The van der Waals surface area contributed by atoms with E-state index in [1.807, 2.05) is 19.9 Å². The zero-order chi connectivity index (χ0) is 18.0. The van der Waals surface area contributed by atoms with Crippen molar-refractivity contribution in [3.8, 4) is 0 Å². The van der Waals surface area contributed by atoms with Gasteiger partial charge in [-0.15, -0.1) is 0 Å². The second kappa shape index (κ2) is 7.33. The van der Waals surface area contributed by atoms with Gasteiger partial charge in [0, 0.05) is 47.6 Å². The van der Waals surface area contributed by atoms with Crippen molar-refractivity contribution in [2.45, 2.75) is 26.3 Å². The van der Waals surface area contributed by atoms with Crippen LogP contribution in [0.4, 0.5) is 11.5 Å². The molecule has 1 aliphatic heterocycles. The smallest absolute Gasteiger partial charge is 0.269 e. The van der Waals surface area contributed by atoms with Crippen LogP contribution in [-0.4, -0.2) is 34.6 Å². The van der Waals surface area contributed by atoms with Gasteiger partial charge >= 0.3 is 0 Å². The number of benzene rings is 1. The van der Waals surface area contributed by atoms with E-state index in [-0.39, 0.29) is 11.7 Å². The summed E-state index contributed by atoms with van der Waals surface area (Å²) in [5, 5.41) is 11.6. The number of rotatable bonds is 3. The largest absolute Gasteiger partial charge is 0.379 e. The van der Waals surface area contributed by atoms with Crippen LogP contribution in [0, 0.1) is 24.0 Å². The number of nitro benzene ring substituents is 1. The molecule has 1 atom stereocenters. The van der Waals surface area contributed by atoms with Gasteiger partial charge in [0.05, 0.1) is 17.6 Å². The minimum Gasteiger partial charge on any atom is -0.379 e. The summed E-state index contributed by atoms with van der Waals surface area (Å²) < 4.78 is 5.72. The summed E-state index contributed by atoms with van der Waals surface area (Å²) in [5.41, 5.74) is 1.56. The topological polar surface area (TPSA) is 81.4 Å². The number of nitrogens with zero attached hydrogens (tertiary/aromatic N) is 4. The molecule has 0 saturated carbocycles. The van der Waals surface area contributed by atoms with E-state index in [2.05, 4.69) is 14.9 Å². The summed E-state index contributed by atoms with van der Waals surface area (Å²) >= 11 is 6.37. The molecule has 0 bridgehead atoms. The Bertz CT molecular complexity index is 779. The molecular formula is C17H19ClN4O3. The molecule has 25 heavy (non-hydrogen) atoms. The van der Waals surface area contributed by atoms with Gasteiger partial charge in [0.15, 0.2) is 0 Å². The third-order valence-corrected chi connectivity index (χ3v) is 4.48. The SMILES string of the molecule is Cc1cc(N2CCCOCC2c2cc([N+](=O)[O-])ccc2Cl)nc(C)n1. The van der Waals surface area contributed by atoms with Crippen molar-refractivity contribution < 1.29 is 9.66 Å². The minimum absolute atomic E-state index is 0.0126. The van der Waals surface area contributed by atoms with E-state index in [4.69, 9.17) is 16.3 Å². The standard InChI is InChI=1S/C17H19ClN4O3/c1-11-8-17(20-12(2)19-11)21-6-3-7-25-10-16(21)14-9-13(22(23)24)4-5-15(14)18/h4-5,8-9,16H,3,6-7,10H2,1-2H3. The lowest BCUT2D eigenvalue weighted by atomic mass is 10.0. The van der Waals surface area contributed by atoms with Crippen molar-refractivity contribution in [1.29, 1.82) is 0 Å². The van der Waals surface area contributed by atoms with Crippen LogP contribution in [0.25, 0.3) is 0 Å². The van der Waals surface area contributed by atoms with Crippen molar-refractivity contribution in [2.75, 3.05) is 24.7 Å². The van der Waals surface area contributed by atoms with Crippen molar-refractivity contribution in [2.24, 2.45) is 0 Å². The lowest BCUT2D eigenvalue weighted by molar-refractivity contribution is -0.384. The molecule has 0 N–H and O–H groups in total. The fourth-order valence-corrected chi connectivity index (χ4v) is 3.30. The van der Waals surface area contributed by atoms with Gasteiger partial charge in [-0.05, 0) is 26.3 Å². The van der Waals surface area contributed by atoms with Gasteiger partial charge in [-0.1, -0.05) is 11.6 Å². The van der Waals surface area contributed by atoms with Crippen molar-refractivity contribution >= 4 is 23.1 Å². The number of hydrogen-bond donors (Lipinski definition) is 0. The Hall–Kier alpha value is -2.25. The zero-order valence-corrected chi connectivity index (χ0v) is 14.9. The first kappa shape index (κ1) is 17.6. The number of hydrogen-bond acceptors (Lipinski definition) is 6. The molecule has 1 aromatic heterocycles. The Morgan fingerprint density at radius 1 is 1.32 bits per heavy atom. The molecule has 2 aromatic rings. The molecule has 0 aliphatic carbocycles. The quantitative estimate of drug-likeness (QED) is 0.612. The Kier molecular flexibility index (Phi) is 5.15. The highest BCUT2D eigenvalue weighted by atomic mass is 35.5. The molecule has 0 amide bonds. The number of anilines is 1. The average Bonchev–Trinajstić information content (AvgIpc) is 2.80. The molecule has 1 unspecified atom stereocenters. The van der Waals surface area contributed by atoms with E-state index >= 15 is 0 Å². The molecule has 3 rings (SSSR count). The van der Waals surface area contributed by atoms with Crippen LogP contribution in [0.15, 0.2) is 24.3 Å². The fraction of sp³-hybridized carbons (Fsp3) is 0.412. The van der Waals surface area contributed by atoms with Crippen LogP contribution < -0.4 is 4.90 Å². The van der Waals surface area contributed by atoms with Gasteiger partial charge in [0.2, 0.25) is 0 Å². The maximum absolute atomic E-state index is 11.2. The molecule has 2 heterocycles. The Labute approximate surface area is 150 Å². The third kappa shape index (κ3) is 3.88. The summed E-state index contributed by atoms with van der Waals surface area (Å²) in [6, 6.07) is 6.16. The summed E-state index contributed by atoms with van der Waals surface area (Å²) in [6.45, 7) is 5.51. The van der Waals surface area contributed by atoms with Crippen molar-refractivity contribution in [3.05, 3.63) is 56.5 Å². The van der Waals surface area contributed by atoms with Crippen LogP contribution >= 0.6 is 11.6 Å². The van der Waals surface area contributed by atoms with Crippen LogP contribution in [0.1, 0.15) is 29.5 Å². The average molecular weight is 363 g/mol. The maximum atomic E-state index is 11.2. The van der Waals surface area contributed by atoms with Gasteiger partial charge < -0.3 is 9.64 Å². The normalized spacial score (nSPS) is 18.0. The number of nitro groups is 1. The zero-order valence-electron chi connectivity index (χ0n) is 14.1. The van der Waals surface area contributed by atoms with Gasteiger partial charge in [0.1, 0.15) is 11.6 Å². The highest BCUT2D eigenvalue weighted by Crippen LogP contribution is 2.34. The number of aromatic nitrogens is 2. The molecule has 1 saturated heterocycles. The molecule has 7 nitrogen and oxygen atoms in total. The van der Waals surface area contributed by atoms with Crippen LogP contribution in [0.5, 0.6) is 0 Å². The van der Waals surface area contributed by atoms with Crippen molar-refractivity contribution in [3.63, 3.8) is 0 Å². The predicted octanol–water partition coefficient (Wildman–Crippen LogP) is 3.62. The highest BCUT2D eigenvalue weighted by molar-refractivity contribution is 6.31. The monoisotopic (exact) mass is 362 g/mol. The Morgan fingerprint density at radius 3 is 2.84 bits per heavy atom. The van der Waals surface area contributed by atoms with Gasteiger partial charge in [0.25, 0.3) is 5.69 Å². The molecule has 1 fully saturated rings. The Balaban J connectivity index is 2.07. The Morgan fingerprint density at radius 2 is 2.12 bits per heavy atom. The number of aryl methyl sites for hydroxylation is 2. The first-order chi connectivity index (χ1) is 12.0. The summed E-state index contributed by atoms with van der Waals surface area (Å²) in [4.78, 5) is 21.7. The van der Waals surface area contributed by atoms with Crippen molar-refractivity contribution in [1.82, 2.24) is 9.97 Å². The minimum atomic E-state index is -0.416. The van der Waals surface area contributed by atoms with E-state index < -0.39 is 4.92 Å². The van der Waals surface area contributed by atoms with E-state index in [1.165, 1.54) is 12.1 Å². The van der Waals surface area contributed by atoms with E-state index in [0.717, 1.165) is 24.5 Å². The maximum Gasteiger partial charge on any atom is 0.269 e. The summed E-state index contributed by atoms with van der Waals surface area (Å²) in [5.74, 6) is 1.46. The van der Waals surface area contributed by atoms with Crippen LogP contribution in [-0.2, 0) is 4.74 Å². The van der Waals surface area contributed by atoms with E-state index in [1.54, 1.807) is 6.07 Å². The first-order valence-corrected chi connectivity index (χ1v) is 8.44.